The summed E-state index contributed by atoms with van der Waals surface area (Å²) in [6, 6.07) is 0. The molecule has 262 valence electrons. The van der Waals surface area contributed by atoms with Gasteiger partial charge in [-0.3, -0.25) is 9.59 Å². The second-order valence-electron chi connectivity index (χ2n) is 12.4. The minimum Gasteiger partial charge on any atom is -0.463 e. The molecule has 0 aromatic rings. The Morgan fingerprint density at radius 3 is 1.54 bits per heavy atom. The molecule has 6 heteroatoms. The fourth-order valence-electron chi connectivity index (χ4n) is 5.03. The van der Waals surface area contributed by atoms with Crippen molar-refractivity contribution in [2.24, 2.45) is 0 Å². The van der Waals surface area contributed by atoms with Gasteiger partial charge in [-0.2, -0.15) is 0 Å². The van der Waals surface area contributed by atoms with Crippen molar-refractivity contribution in [2.75, 3.05) is 13.2 Å². The zero-order valence-corrected chi connectivity index (χ0v) is 29.3. The Kier molecular flexibility index (Phi) is 28.2. The summed E-state index contributed by atoms with van der Waals surface area (Å²) in [5.41, 5.74) is 0. The Bertz CT molecular complexity index is 886. The van der Waals surface area contributed by atoms with Gasteiger partial charge in [0.05, 0.1) is 12.2 Å². The summed E-state index contributed by atoms with van der Waals surface area (Å²) in [4.78, 5) is 23.8. The standard InChI is InChI=1S/C40H66O6/c1-3-5-7-8-9-10-11-15-18-21-24-28-32-39(42)44-34-36(41)35-45-40(43)33-29-25-22-19-16-13-12-14-17-20-23-27-31-38-37(46-38)30-26-6-4-2/h6,13-14,16-17,22-23,25-27,36-38,41H,3-5,7-12,15,18-21,24,28-35H2,1-2H3/b16-13-,17-14-,25-22-,26-6-,27-23-/t36-,37?,38?/m0/s1. The monoisotopic (exact) mass is 642 g/mol. The largest absolute Gasteiger partial charge is 0.463 e. The van der Waals surface area contributed by atoms with Crippen LogP contribution in [0.5, 0.6) is 0 Å². The van der Waals surface area contributed by atoms with E-state index < -0.39 is 6.10 Å². The Hall–Kier alpha value is -2.44. The minimum atomic E-state index is -0.997. The summed E-state index contributed by atoms with van der Waals surface area (Å²) < 4.78 is 15.9. The van der Waals surface area contributed by atoms with Crippen molar-refractivity contribution in [3.8, 4) is 0 Å². The average molecular weight is 643 g/mol. The van der Waals surface area contributed by atoms with Crippen molar-refractivity contribution in [3.05, 3.63) is 60.8 Å². The zero-order chi connectivity index (χ0) is 33.3. The molecule has 1 rings (SSSR count). The molecule has 1 heterocycles. The molecule has 1 saturated heterocycles. The van der Waals surface area contributed by atoms with E-state index in [1.165, 1.54) is 57.8 Å². The van der Waals surface area contributed by atoms with E-state index in [1.807, 2.05) is 12.2 Å². The zero-order valence-electron chi connectivity index (χ0n) is 29.3. The number of unbranched alkanes of at least 4 members (excludes halogenated alkanes) is 11. The summed E-state index contributed by atoms with van der Waals surface area (Å²) in [5.74, 6) is -0.668. The highest BCUT2D eigenvalue weighted by Crippen LogP contribution is 2.29. The molecular formula is C40H66O6. The lowest BCUT2D eigenvalue weighted by atomic mass is 10.0. The van der Waals surface area contributed by atoms with E-state index in [1.54, 1.807) is 0 Å². The summed E-state index contributed by atoms with van der Waals surface area (Å²) in [5, 5.41) is 9.97. The molecule has 0 saturated carbocycles. The Morgan fingerprint density at radius 2 is 1.02 bits per heavy atom. The normalized spacial score (nSPS) is 17.3. The van der Waals surface area contributed by atoms with Crippen molar-refractivity contribution in [1.29, 1.82) is 0 Å². The number of hydrogen-bond acceptors (Lipinski definition) is 6. The van der Waals surface area contributed by atoms with Crippen molar-refractivity contribution >= 4 is 11.9 Å². The maximum Gasteiger partial charge on any atom is 0.306 e. The van der Waals surface area contributed by atoms with Gasteiger partial charge < -0.3 is 19.3 Å². The van der Waals surface area contributed by atoms with E-state index >= 15 is 0 Å². The van der Waals surface area contributed by atoms with Crippen LogP contribution in [0.25, 0.3) is 0 Å². The number of hydrogen-bond donors (Lipinski definition) is 1. The number of rotatable bonds is 31. The van der Waals surface area contributed by atoms with Crippen LogP contribution in [0.1, 0.15) is 149 Å². The van der Waals surface area contributed by atoms with Crippen LogP contribution in [0.2, 0.25) is 0 Å². The molecule has 0 aromatic carbocycles. The molecule has 0 radical (unpaired) electrons. The van der Waals surface area contributed by atoms with Crippen molar-refractivity contribution in [1.82, 2.24) is 0 Å². The maximum atomic E-state index is 11.9. The number of aliphatic hydroxyl groups is 1. The highest BCUT2D eigenvalue weighted by atomic mass is 16.6. The predicted molar refractivity (Wildman–Crippen MR) is 191 cm³/mol. The Morgan fingerprint density at radius 1 is 0.587 bits per heavy atom. The lowest BCUT2D eigenvalue weighted by molar-refractivity contribution is -0.152. The molecule has 1 N–H and O–H groups in total. The molecule has 46 heavy (non-hydrogen) atoms. The second-order valence-corrected chi connectivity index (χ2v) is 12.4. The van der Waals surface area contributed by atoms with Gasteiger partial charge in [0.1, 0.15) is 19.3 Å². The van der Waals surface area contributed by atoms with Crippen LogP contribution < -0.4 is 0 Å². The number of epoxide rings is 1. The van der Waals surface area contributed by atoms with Crippen LogP contribution in [0.4, 0.5) is 0 Å². The number of esters is 2. The Balaban J connectivity index is 1.89. The minimum absolute atomic E-state index is 0.143. The van der Waals surface area contributed by atoms with E-state index in [0.29, 0.717) is 25.0 Å². The van der Waals surface area contributed by atoms with Gasteiger partial charge in [0.15, 0.2) is 0 Å². The van der Waals surface area contributed by atoms with Crippen molar-refractivity contribution in [3.63, 3.8) is 0 Å². The highest BCUT2D eigenvalue weighted by molar-refractivity contribution is 5.70. The highest BCUT2D eigenvalue weighted by Gasteiger charge is 2.35. The van der Waals surface area contributed by atoms with Crippen LogP contribution in [-0.2, 0) is 23.8 Å². The van der Waals surface area contributed by atoms with Gasteiger partial charge in [-0.25, -0.2) is 0 Å². The third kappa shape index (κ3) is 27.8. The lowest BCUT2D eigenvalue weighted by Gasteiger charge is -2.12. The maximum absolute atomic E-state index is 11.9. The molecule has 0 aliphatic carbocycles. The van der Waals surface area contributed by atoms with E-state index in [0.717, 1.165) is 57.8 Å². The van der Waals surface area contributed by atoms with Gasteiger partial charge in [0, 0.05) is 12.8 Å². The van der Waals surface area contributed by atoms with Gasteiger partial charge in [-0.05, 0) is 51.4 Å². The van der Waals surface area contributed by atoms with Gasteiger partial charge >= 0.3 is 11.9 Å². The van der Waals surface area contributed by atoms with E-state index in [4.69, 9.17) is 14.2 Å². The molecule has 0 amide bonds. The van der Waals surface area contributed by atoms with Gasteiger partial charge in [0.2, 0.25) is 0 Å². The first kappa shape index (κ1) is 41.6. The second kappa shape index (κ2) is 31.2. The summed E-state index contributed by atoms with van der Waals surface area (Å²) >= 11 is 0. The molecule has 3 atom stereocenters. The van der Waals surface area contributed by atoms with E-state index in [-0.39, 0.29) is 31.6 Å². The molecule has 0 bridgehead atoms. The summed E-state index contributed by atoms with van der Waals surface area (Å²) in [6.45, 7) is 4.10. The molecule has 0 spiro atoms. The first-order valence-electron chi connectivity index (χ1n) is 18.5. The first-order chi connectivity index (χ1) is 22.6. The predicted octanol–water partition coefficient (Wildman–Crippen LogP) is 10.2. The fourth-order valence-corrected chi connectivity index (χ4v) is 5.03. The SMILES string of the molecule is CC/C=C\CC1OC1C/C=C\C/C=C\C/C=C\C/C=C\CCC(=O)OC[C@@H](O)COC(=O)CCCCCCCCCCCCCC. The molecule has 1 fully saturated rings. The van der Waals surface area contributed by atoms with Gasteiger partial charge in [-0.15, -0.1) is 0 Å². The molecule has 6 nitrogen and oxygen atoms in total. The van der Waals surface area contributed by atoms with Gasteiger partial charge in [-0.1, -0.05) is 145 Å². The number of carbonyl (C=O) groups is 2. The van der Waals surface area contributed by atoms with Crippen LogP contribution in [0, 0.1) is 0 Å². The van der Waals surface area contributed by atoms with Crippen LogP contribution in [0.3, 0.4) is 0 Å². The van der Waals surface area contributed by atoms with Crippen molar-refractivity contribution in [2.45, 2.75) is 167 Å². The average Bonchev–Trinajstić information content (AvgIpc) is 3.81. The summed E-state index contributed by atoms with van der Waals surface area (Å²) in [6.07, 6.45) is 43.2. The van der Waals surface area contributed by atoms with Crippen LogP contribution in [0.15, 0.2) is 60.8 Å². The van der Waals surface area contributed by atoms with Gasteiger partial charge in [0.25, 0.3) is 0 Å². The van der Waals surface area contributed by atoms with Crippen LogP contribution >= 0.6 is 0 Å². The van der Waals surface area contributed by atoms with Crippen LogP contribution in [-0.4, -0.2) is 48.6 Å². The fraction of sp³-hybridized carbons (Fsp3) is 0.700. The first-order valence-corrected chi connectivity index (χ1v) is 18.5. The van der Waals surface area contributed by atoms with E-state index in [2.05, 4.69) is 62.5 Å². The van der Waals surface area contributed by atoms with Crippen molar-refractivity contribution < 1.29 is 28.9 Å². The quantitative estimate of drug-likeness (QED) is 0.0351. The molecule has 1 aliphatic heterocycles. The third-order valence-electron chi connectivity index (χ3n) is 7.93. The smallest absolute Gasteiger partial charge is 0.306 e. The third-order valence-corrected chi connectivity index (χ3v) is 7.93. The topological polar surface area (TPSA) is 85.4 Å². The number of aliphatic hydroxyl groups excluding tert-OH is 1. The number of allylic oxidation sites excluding steroid dienone is 8. The number of carbonyl (C=O) groups excluding carboxylic acids is 2. The van der Waals surface area contributed by atoms with E-state index in [9.17, 15) is 14.7 Å². The molecular weight excluding hydrogens is 576 g/mol. The number of ether oxygens (including phenoxy) is 3. The summed E-state index contributed by atoms with van der Waals surface area (Å²) in [7, 11) is 0. The molecule has 2 unspecified atom stereocenters. The molecule has 0 aromatic heterocycles. The lowest BCUT2D eigenvalue weighted by Crippen LogP contribution is -2.25. The molecule has 1 aliphatic rings. The Labute approximate surface area is 281 Å².